The van der Waals surface area contributed by atoms with Gasteiger partial charge in [-0.25, -0.2) is 0 Å². The molecule has 0 radical (unpaired) electrons. The summed E-state index contributed by atoms with van der Waals surface area (Å²) in [5.74, 6) is 0.588. The van der Waals surface area contributed by atoms with Crippen LogP contribution >= 0.6 is 0 Å². The third-order valence-electron chi connectivity index (χ3n) is 6.60. The maximum absolute atomic E-state index is 12.9. The van der Waals surface area contributed by atoms with Crippen LogP contribution in [-0.4, -0.2) is 52.3 Å². The van der Waals surface area contributed by atoms with Gasteiger partial charge in [0.2, 0.25) is 11.8 Å². The van der Waals surface area contributed by atoms with Crippen molar-refractivity contribution in [1.82, 2.24) is 14.8 Å². The third-order valence-corrected chi connectivity index (χ3v) is 6.60. The van der Waals surface area contributed by atoms with E-state index in [1.165, 1.54) is 27.7 Å². The van der Waals surface area contributed by atoms with E-state index in [1.807, 2.05) is 23.6 Å². The number of likely N-dealkylation sites (tertiary alicyclic amines) is 2. The molecule has 28 heavy (non-hydrogen) atoms. The lowest BCUT2D eigenvalue weighted by atomic mass is 9.90. The highest BCUT2D eigenvalue weighted by Crippen LogP contribution is 2.34. The number of aryl methyl sites for hydroxylation is 2. The van der Waals surface area contributed by atoms with Crippen molar-refractivity contribution >= 4 is 22.7 Å². The Morgan fingerprint density at radius 1 is 1.18 bits per heavy atom. The van der Waals surface area contributed by atoms with Crippen LogP contribution in [0.15, 0.2) is 18.2 Å². The van der Waals surface area contributed by atoms with E-state index in [2.05, 4.69) is 37.0 Å². The number of carbonyl (C=O) groups excluding carboxylic acids is 2. The molecule has 4 rings (SSSR count). The number of amides is 2. The molecule has 5 nitrogen and oxygen atoms in total. The summed E-state index contributed by atoms with van der Waals surface area (Å²) in [5, 5.41) is 1.31. The Balaban J connectivity index is 1.42. The molecular formula is C23H31N3O2. The van der Waals surface area contributed by atoms with E-state index in [0.29, 0.717) is 18.9 Å². The van der Waals surface area contributed by atoms with Crippen molar-refractivity contribution in [2.45, 2.75) is 58.9 Å². The zero-order valence-corrected chi connectivity index (χ0v) is 17.4. The van der Waals surface area contributed by atoms with Crippen LogP contribution in [0.1, 0.15) is 55.8 Å². The Kier molecular flexibility index (Phi) is 4.94. The Morgan fingerprint density at radius 3 is 2.54 bits per heavy atom. The van der Waals surface area contributed by atoms with Gasteiger partial charge >= 0.3 is 0 Å². The van der Waals surface area contributed by atoms with E-state index >= 15 is 0 Å². The number of nitrogens with zero attached hydrogens (tertiary/aromatic N) is 2. The summed E-state index contributed by atoms with van der Waals surface area (Å²) in [6.45, 7) is 10.5. The molecule has 2 aromatic rings. The van der Waals surface area contributed by atoms with Crippen molar-refractivity contribution in [2.75, 3.05) is 19.6 Å². The van der Waals surface area contributed by atoms with E-state index < -0.39 is 0 Å². The molecule has 150 valence electrons. The molecular weight excluding hydrogens is 350 g/mol. The molecule has 0 bridgehead atoms. The summed E-state index contributed by atoms with van der Waals surface area (Å²) >= 11 is 0. The van der Waals surface area contributed by atoms with Crippen LogP contribution in [0.2, 0.25) is 0 Å². The highest BCUT2D eigenvalue weighted by atomic mass is 16.2. The van der Waals surface area contributed by atoms with Crippen molar-refractivity contribution in [2.24, 2.45) is 5.92 Å². The fraction of sp³-hybridized carbons (Fsp3) is 0.565. The maximum atomic E-state index is 12.9. The van der Waals surface area contributed by atoms with Gasteiger partial charge in [-0.1, -0.05) is 11.6 Å². The van der Waals surface area contributed by atoms with E-state index in [-0.39, 0.29) is 23.8 Å². The minimum atomic E-state index is -0.163. The average Bonchev–Trinajstić information content (AvgIpc) is 3.22. The van der Waals surface area contributed by atoms with Crippen molar-refractivity contribution in [1.29, 1.82) is 0 Å². The van der Waals surface area contributed by atoms with Gasteiger partial charge in [-0.15, -0.1) is 0 Å². The number of hydrogen-bond acceptors (Lipinski definition) is 2. The van der Waals surface area contributed by atoms with Gasteiger partial charge in [0.15, 0.2) is 0 Å². The monoisotopic (exact) mass is 381 g/mol. The Labute approximate surface area is 167 Å². The van der Waals surface area contributed by atoms with Crippen molar-refractivity contribution < 1.29 is 9.59 Å². The first-order valence-corrected chi connectivity index (χ1v) is 10.5. The first-order chi connectivity index (χ1) is 13.3. The van der Waals surface area contributed by atoms with Crippen LogP contribution < -0.4 is 0 Å². The van der Waals surface area contributed by atoms with Crippen LogP contribution in [0.5, 0.6) is 0 Å². The molecule has 1 N–H and O–H groups in total. The fourth-order valence-corrected chi connectivity index (χ4v) is 4.91. The number of nitrogens with one attached hydrogen (secondary N) is 1. The fourth-order valence-electron chi connectivity index (χ4n) is 4.91. The van der Waals surface area contributed by atoms with Gasteiger partial charge in [-0.05, 0) is 58.2 Å². The molecule has 0 saturated carbocycles. The molecule has 1 aromatic carbocycles. The number of fused-ring (bicyclic) bond motifs is 1. The number of hydrogen-bond donors (Lipinski definition) is 1. The van der Waals surface area contributed by atoms with E-state index in [4.69, 9.17) is 0 Å². The summed E-state index contributed by atoms with van der Waals surface area (Å²) < 4.78 is 0. The summed E-state index contributed by atoms with van der Waals surface area (Å²) in [6.07, 6.45) is 2.33. The minimum Gasteiger partial charge on any atom is -0.358 e. The van der Waals surface area contributed by atoms with Gasteiger partial charge in [0.25, 0.3) is 0 Å². The predicted octanol–water partition coefficient (Wildman–Crippen LogP) is 3.75. The number of aromatic nitrogens is 1. The Hall–Kier alpha value is -2.30. The number of carbonyl (C=O) groups is 2. The van der Waals surface area contributed by atoms with Crippen LogP contribution in [-0.2, 0) is 9.59 Å². The van der Waals surface area contributed by atoms with Crippen LogP contribution in [0.3, 0.4) is 0 Å². The summed E-state index contributed by atoms with van der Waals surface area (Å²) in [5.41, 5.74) is 5.16. The molecule has 2 saturated heterocycles. The van der Waals surface area contributed by atoms with Crippen molar-refractivity contribution in [3.63, 3.8) is 0 Å². The second-order valence-corrected chi connectivity index (χ2v) is 8.85. The molecule has 3 heterocycles. The Morgan fingerprint density at radius 2 is 1.89 bits per heavy atom. The molecule has 0 aliphatic carbocycles. The van der Waals surface area contributed by atoms with E-state index in [0.717, 1.165) is 25.9 Å². The van der Waals surface area contributed by atoms with Gasteiger partial charge < -0.3 is 14.8 Å². The van der Waals surface area contributed by atoms with E-state index in [9.17, 15) is 9.59 Å². The van der Waals surface area contributed by atoms with Gasteiger partial charge in [-0.2, -0.15) is 0 Å². The first kappa shape index (κ1) is 19.0. The standard InChI is InChI=1S/C23H31N3O2/c1-14(2)26-13-18(12-21(26)27)23(28)25-9-7-17(8-10-25)22-16(4)19-11-15(3)5-6-20(19)24-22/h5-6,11,14,17-18,24H,7-10,12-13H2,1-4H3. The minimum absolute atomic E-state index is 0.118. The first-order valence-electron chi connectivity index (χ1n) is 10.5. The summed E-state index contributed by atoms with van der Waals surface area (Å²) in [4.78, 5) is 32.5. The SMILES string of the molecule is Cc1ccc2[nH]c(C3CCN(C(=O)C4CC(=O)N(C(C)C)C4)CC3)c(C)c2c1. The zero-order chi connectivity index (χ0) is 20.0. The molecule has 1 aromatic heterocycles. The average molecular weight is 382 g/mol. The lowest BCUT2D eigenvalue weighted by molar-refractivity contribution is -0.136. The molecule has 0 spiro atoms. The smallest absolute Gasteiger partial charge is 0.227 e. The van der Waals surface area contributed by atoms with Crippen molar-refractivity contribution in [3.05, 3.63) is 35.0 Å². The van der Waals surface area contributed by atoms with Gasteiger partial charge in [0.1, 0.15) is 0 Å². The zero-order valence-electron chi connectivity index (χ0n) is 17.4. The molecule has 2 aliphatic heterocycles. The largest absolute Gasteiger partial charge is 0.358 e. The van der Waals surface area contributed by atoms with Gasteiger partial charge in [0.05, 0.1) is 5.92 Å². The lowest BCUT2D eigenvalue weighted by Crippen LogP contribution is -2.42. The quantitative estimate of drug-likeness (QED) is 0.880. The normalized spacial score (nSPS) is 21.3. The van der Waals surface area contributed by atoms with Crippen LogP contribution in [0.25, 0.3) is 10.9 Å². The second-order valence-electron chi connectivity index (χ2n) is 8.85. The summed E-state index contributed by atoms with van der Waals surface area (Å²) in [6, 6.07) is 6.73. The molecule has 2 aliphatic rings. The van der Waals surface area contributed by atoms with Crippen LogP contribution in [0.4, 0.5) is 0 Å². The number of benzene rings is 1. The van der Waals surface area contributed by atoms with Crippen LogP contribution in [0, 0.1) is 19.8 Å². The second kappa shape index (κ2) is 7.26. The van der Waals surface area contributed by atoms with E-state index in [1.54, 1.807) is 0 Å². The molecule has 2 fully saturated rings. The molecule has 1 unspecified atom stereocenters. The molecule has 5 heteroatoms. The van der Waals surface area contributed by atoms with Gasteiger partial charge in [-0.3, -0.25) is 9.59 Å². The highest BCUT2D eigenvalue weighted by molar-refractivity contribution is 5.89. The molecule has 1 atom stereocenters. The van der Waals surface area contributed by atoms with Gasteiger partial charge in [0, 0.05) is 54.6 Å². The number of H-pyrrole nitrogens is 1. The highest BCUT2D eigenvalue weighted by Gasteiger charge is 2.38. The maximum Gasteiger partial charge on any atom is 0.227 e. The predicted molar refractivity (Wildman–Crippen MR) is 111 cm³/mol. The Bertz CT molecular complexity index is 906. The molecule has 2 amide bonds. The number of piperidine rings is 1. The summed E-state index contributed by atoms with van der Waals surface area (Å²) in [7, 11) is 0. The third kappa shape index (κ3) is 3.31. The lowest BCUT2D eigenvalue weighted by Gasteiger charge is -2.33. The topological polar surface area (TPSA) is 56.4 Å². The van der Waals surface area contributed by atoms with Crippen molar-refractivity contribution in [3.8, 4) is 0 Å². The number of aromatic amines is 1. The number of rotatable bonds is 3.